The third-order valence-corrected chi connectivity index (χ3v) is 7.13. The molecule has 6 nitrogen and oxygen atoms in total. The van der Waals surface area contributed by atoms with Crippen LogP contribution in [0.5, 0.6) is 0 Å². The molecule has 0 aromatic rings. The highest BCUT2D eigenvalue weighted by atomic mass is 16.7. The maximum atomic E-state index is 9.94. The van der Waals surface area contributed by atoms with Gasteiger partial charge in [0.1, 0.15) is 24.4 Å². The molecule has 0 radical (unpaired) electrons. The van der Waals surface area contributed by atoms with Crippen LogP contribution in [0.15, 0.2) is 0 Å². The van der Waals surface area contributed by atoms with E-state index in [1.54, 1.807) is 0 Å². The molecular weight excluding hydrogens is 432 g/mol. The fraction of sp³-hybridized carbons (Fsp3) is 1.00. The van der Waals surface area contributed by atoms with Crippen LogP contribution in [-0.4, -0.2) is 64.3 Å². The molecular formula is C28H56O6. The number of hydrogen-bond donors (Lipinski definition) is 4. The molecule has 6 heteroatoms. The minimum atomic E-state index is -1.37. The molecule has 0 spiro atoms. The van der Waals surface area contributed by atoms with E-state index in [0.717, 1.165) is 12.8 Å². The van der Waals surface area contributed by atoms with Gasteiger partial charge in [-0.25, -0.2) is 0 Å². The average molecular weight is 489 g/mol. The minimum Gasteiger partial charge on any atom is -0.394 e. The Hall–Kier alpha value is -0.240. The van der Waals surface area contributed by atoms with Gasteiger partial charge in [-0.05, 0) is 6.42 Å². The van der Waals surface area contributed by atoms with Crippen molar-refractivity contribution < 1.29 is 29.9 Å². The van der Waals surface area contributed by atoms with E-state index in [1.165, 1.54) is 116 Å². The first-order valence-electron chi connectivity index (χ1n) is 14.5. The van der Waals surface area contributed by atoms with Crippen LogP contribution in [0, 0.1) is 0 Å². The smallest absolute Gasteiger partial charge is 0.186 e. The van der Waals surface area contributed by atoms with Crippen molar-refractivity contribution in [1.29, 1.82) is 0 Å². The molecule has 1 fully saturated rings. The van der Waals surface area contributed by atoms with Crippen molar-refractivity contribution in [2.75, 3.05) is 13.2 Å². The maximum Gasteiger partial charge on any atom is 0.186 e. The van der Waals surface area contributed by atoms with Crippen molar-refractivity contribution in [3.63, 3.8) is 0 Å². The summed E-state index contributed by atoms with van der Waals surface area (Å²) in [6.07, 6.45) is 20.8. The van der Waals surface area contributed by atoms with E-state index < -0.39 is 37.3 Å². The van der Waals surface area contributed by atoms with E-state index in [2.05, 4.69) is 6.92 Å². The molecule has 1 saturated heterocycles. The summed E-state index contributed by atoms with van der Waals surface area (Å²) in [6, 6.07) is 0. The Bertz CT molecular complexity index is 433. The topological polar surface area (TPSA) is 99.4 Å². The molecule has 0 unspecified atom stereocenters. The zero-order chi connectivity index (χ0) is 24.9. The lowest BCUT2D eigenvalue weighted by atomic mass is 9.99. The van der Waals surface area contributed by atoms with Crippen molar-refractivity contribution >= 4 is 0 Å². The van der Waals surface area contributed by atoms with E-state index >= 15 is 0 Å². The summed E-state index contributed by atoms with van der Waals surface area (Å²) < 4.78 is 10.9. The van der Waals surface area contributed by atoms with E-state index in [1.807, 2.05) is 0 Å². The predicted molar refractivity (Wildman–Crippen MR) is 138 cm³/mol. The van der Waals surface area contributed by atoms with Crippen LogP contribution in [0.3, 0.4) is 0 Å². The highest BCUT2D eigenvalue weighted by Gasteiger charge is 2.43. The lowest BCUT2D eigenvalue weighted by Crippen LogP contribution is -2.59. The number of unbranched alkanes of at least 4 members (excludes halogenated alkanes) is 19. The third kappa shape index (κ3) is 15.0. The normalized spacial score (nSPS) is 25.1. The summed E-state index contributed by atoms with van der Waals surface area (Å²) in [7, 11) is 0. The Balaban J connectivity index is 1.79. The number of aliphatic hydroxyl groups excluding tert-OH is 4. The predicted octanol–water partition coefficient (Wildman–Crippen LogP) is 5.62. The molecule has 5 atom stereocenters. The van der Waals surface area contributed by atoms with Gasteiger partial charge in [-0.1, -0.05) is 129 Å². The second-order valence-corrected chi connectivity index (χ2v) is 10.3. The van der Waals surface area contributed by atoms with E-state index in [4.69, 9.17) is 9.47 Å². The van der Waals surface area contributed by atoms with Crippen LogP contribution >= 0.6 is 0 Å². The second-order valence-electron chi connectivity index (χ2n) is 10.3. The summed E-state index contributed by atoms with van der Waals surface area (Å²) in [5, 5.41) is 38.7. The zero-order valence-corrected chi connectivity index (χ0v) is 22.0. The van der Waals surface area contributed by atoms with E-state index in [9.17, 15) is 20.4 Å². The summed E-state index contributed by atoms with van der Waals surface area (Å²) in [5.41, 5.74) is 0. The van der Waals surface area contributed by atoms with Crippen LogP contribution in [0.1, 0.15) is 135 Å². The van der Waals surface area contributed by atoms with Gasteiger partial charge >= 0.3 is 0 Å². The standard InChI is InChI=1S/C28H56O6/c1-2-3-4-5-6-7-8-9-10-11-12-13-14-15-16-17-18-19-20-21-22-33-28-27(32)26(31)25(30)24(23-29)34-28/h24-32H,2-23H2,1H3/t24-,25-,26+,27-,28+/m0/s1. The van der Waals surface area contributed by atoms with Gasteiger partial charge in [0.15, 0.2) is 6.29 Å². The van der Waals surface area contributed by atoms with Crippen LogP contribution < -0.4 is 0 Å². The van der Waals surface area contributed by atoms with Gasteiger partial charge in [0.05, 0.1) is 6.61 Å². The van der Waals surface area contributed by atoms with Crippen LogP contribution in [0.25, 0.3) is 0 Å². The Morgan fingerprint density at radius 3 is 1.29 bits per heavy atom. The molecule has 1 aliphatic heterocycles. The third-order valence-electron chi connectivity index (χ3n) is 7.13. The molecule has 0 aromatic carbocycles. The Morgan fingerprint density at radius 2 is 0.912 bits per heavy atom. The molecule has 1 heterocycles. The number of rotatable bonds is 23. The Morgan fingerprint density at radius 1 is 0.529 bits per heavy atom. The van der Waals surface area contributed by atoms with Gasteiger partial charge < -0.3 is 29.9 Å². The summed E-state index contributed by atoms with van der Waals surface area (Å²) in [5.74, 6) is 0. The second kappa shape index (κ2) is 22.0. The molecule has 4 N–H and O–H groups in total. The average Bonchev–Trinajstić information content (AvgIpc) is 2.84. The van der Waals surface area contributed by atoms with Gasteiger partial charge in [-0.15, -0.1) is 0 Å². The number of ether oxygens (including phenoxy) is 2. The van der Waals surface area contributed by atoms with Crippen molar-refractivity contribution in [2.45, 2.75) is 166 Å². The number of hydrogen-bond acceptors (Lipinski definition) is 6. The van der Waals surface area contributed by atoms with Gasteiger partial charge in [-0.2, -0.15) is 0 Å². The maximum absolute atomic E-state index is 9.94. The van der Waals surface area contributed by atoms with Gasteiger partial charge in [0, 0.05) is 6.61 Å². The zero-order valence-electron chi connectivity index (χ0n) is 22.0. The van der Waals surface area contributed by atoms with Crippen molar-refractivity contribution in [1.82, 2.24) is 0 Å². The molecule has 0 saturated carbocycles. The quantitative estimate of drug-likeness (QED) is 0.139. The number of aliphatic hydroxyl groups is 4. The molecule has 34 heavy (non-hydrogen) atoms. The Labute approximate surface area is 209 Å². The fourth-order valence-corrected chi connectivity index (χ4v) is 4.76. The van der Waals surface area contributed by atoms with Gasteiger partial charge in [0.2, 0.25) is 0 Å². The molecule has 0 aliphatic carbocycles. The Kier molecular flexibility index (Phi) is 20.6. The van der Waals surface area contributed by atoms with Crippen LogP contribution in [0.2, 0.25) is 0 Å². The molecule has 1 rings (SSSR count). The van der Waals surface area contributed by atoms with Gasteiger partial charge in [-0.3, -0.25) is 0 Å². The van der Waals surface area contributed by atoms with E-state index in [0.29, 0.717) is 6.61 Å². The summed E-state index contributed by atoms with van der Waals surface area (Å²) in [6.45, 7) is 2.28. The van der Waals surface area contributed by atoms with Crippen LogP contribution in [-0.2, 0) is 9.47 Å². The first-order chi connectivity index (χ1) is 16.6. The fourth-order valence-electron chi connectivity index (χ4n) is 4.76. The highest BCUT2D eigenvalue weighted by Crippen LogP contribution is 2.22. The molecule has 0 amide bonds. The lowest BCUT2D eigenvalue weighted by Gasteiger charge is -2.39. The van der Waals surface area contributed by atoms with Crippen molar-refractivity contribution in [3.05, 3.63) is 0 Å². The van der Waals surface area contributed by atoms with Crippen molar-refractivity contribution in [3.8, 4) is 0 Å². The summed E-state index contributed by atoms with van der Waals surface area (Å²) >= 11 is 0. The molecule has 1 aliphatic rings. The van der Waals surface area contributed by atoms with Crippen molar-refractivity contribution in [2.24, 2.45) is 0 Å². The lowest BCUT2D eigenvalue weighted by molar-refractivity contribution is -0.301. The first-order valence-corrected chi connectivity index (χ1v) is 14.5. The van der Waals surface area contributed by atoms with E-state index in [-0.39, 0.29) is 0 Å². The summed E-state index contributed by atoms with van der Waals surface area (Å²) in [4.78, 5) is 0. The monoisotopic (exact) mass is 488 g/mol. The first kappa shape index (κ1) is 31.8. The SMILES string of the molecule is CCCCCCCCCCCCCCCCCCCCCCO[C@@H]1O[C@@H](CO)[C@H](O)[C@@H](O)[C@@H]1O. The largest absolute Gasteiger partial charge is 0.394 e. The van der Waals surface area contributed by atoms with Crippen LogP contribution in [0.4, 0.5) is 0 Å². The minimum absolute atomic E-state index is 0.426. The molecule has 0 aromatic heterocycles. The highest BCUT2D eigenvalue weighted by molar-refractivity contribution is 4.88. The van der Waals surface area contributed by atoms with Gasteiger partial charge in [0.25, 0.3) is 0 Å². The molecule has 204 valence electrons. The molecule has 0 bridgehead atoms.